The standard InChI is InChI=1S/C11H15FN2O/c1-3-14-9-6-4-5-8(12)10(9)11(13-14)7(2)15/h8H,3-6H2,1-2H3. The van der Waals surface area contributed by atoms with E-state index < -0.39 is 6.17 Å². The predicted molar refractivity (Wildman–Crippen MR) is 54.7 cm³/mol. The highest BCUT2D eigenvalue weighted by Gasteiger charge is 2.29. The Morgan fingerprint density at radius 3 is 3.00 bits per heavy atom. The smallest absolute Gasteiger partial charge is 0.180 e. The second kappa shape index (κ2) is 3.76. The van der Waals surface area contributed by atoms with Crippen LogP contribution in [0.25, 0.3) is 0 Å². The second-order valence-electron chi connectivity index (χ2n) is 3.94. The number of aromatic nitrogens is 2. The molecular formula is C11H15FN2O. The first-order chi connectivity index (χ1) is 7.15. The Kier molecular flexibility index (Phi) is 2.59. The predicted octanol–water partition coefficient (Wildman–Crippen LogP) is 2.45. The summed E-state index contributed by atoms with van der Waals surface area (Å²) in [6.45, 7) is 4.10. The topological polar surface area (TPSA) is 34.9 Å². The SMILES string of the molecule is CCn1nc(C(C)=O)c2c1CCCC2F. The number of carbonyl (C=O) groups excluding carboxylic acids is 1. The van der Waals surface area contributed by atoms with Crippen molar-refractivity contribution in [2.24, 2.45) is 0 Å². The third-order valence-corrected chi connectivity index (χ3v) is 2.92. The number of alkyl halides is 1. The fourth-order valence-electron chi connectivity index (χ4n) is 2.22. The number of fused-ring (bicyclic) bond motifs is 1. The maximum atomic E-state index is 13.7. The lowest BCUT2D eigenvalue weighted by Gasteiger charge is -2.17. The van der Waals surface area contributed by atoms with Crippen molar-refractivity contribution in [1.29, 1.82) is 0 Å². The van der Waals surface area contributed by atoms with Crippen LogP contribution in [-0.2, 0) is 13.0 Å². The summed E-state index contributed by atoms with van der Waals surface area (Å²) in [5, 5.41) is 4.19. The van der Waals surface area contributed by atoms with Crippen molar-refractivity contribution < 1.29 is 9.18 Å². The van der Waals surface area contributed by atoms with Crippen LogP contribution in [0.15, 0.2) is 0 Å². The van der Waals surface area contributed by atoms with Crippen molar-refractivity contribution in [2.75, 3.05) is 0 Å². The van der Waals surface area contributed by atoms with Gasteiger partial charge in [-0.25, -0.2) is 4.39 Å². The van der Waals surface area contributed by atoms with Crippen LogP contribution in [0.2, 0.25) is 0 Å². The number of hydrogen-bond acceptors (Lipinski definition) is 2. The Hall–Kier alpha value is -1.19. The molecule has 1 aromatic rings. The van der Waals surface area contributed by atoms with Crippen molar-refractivity contribution in [3.8, 4) is 0 Å². The zero-order chi connectivity index (χ0) is 11.0. The highest BCUT2D eigenvalue weighted by atomic mass is 19.1. The minimum absolute atomic E-state index is 0.136. The van der Waals surface area contributed by atoms with Crippen LogP contribution in [0.1, 0.15) is 54.6 Å². The van der Waals surface area contributed by atoms with Crippen molar-refractivity contribution in [2.45, 2.75) is 45.8 Å². The normalized spacial score (nSPS) is 20.1. The van der Waals surface area contributed by atoms with Gasteiger partial charge in [-0.3, -0.25) is 9.48 Å². The van der Waals surface area contributed by atoms with Crippen LogP contribution in [0.3, 0.4) is 0 Å². The van der Waals surface area contributed by atoms with Crippen molar-refractivity contribution >= 4 is 5.78 Å². The molecule has 0 aliphatic heterocycles. The molecule has 82 valence electrons. The Labute approximate surface area is 88.3 Å². The fourth-order valence-corrected chi connectivity index (χ4v) is 2.22. The van der Waals surface area contributed by atoms with Gasteiger partial charge >= 0.3 is 0 Å². The molecule has 1 aliphatic rings. The van der Waals surface area contributed by atoms with E-state index in [-0.39, 0.29) is 5.78 Å². The summed E-state index contributed by atoms with van der Waals surface area (Å²) in [7, 11) is 0. The van der Waals surface area contributed by atoms with Gasteiger partial charge in [0.1, 0.15) is 11.9 Å². The molecular weight excluding hydrogens is 195 g/mol. The molecule has 0 spiro atoms. The molecule has 0 bridgehead atoms. The third kappa shape index (κ3) is 1.58. The van der Waals surface area contributed by atoms with Crippen LogP contribution in [0.5, 0.6) is 0 Å². The molecule has 0 N–H and O–H groups in total. The molecule has 1 unspecified atom stereocenters. The number of halogens is 1. The Morgan fingerprint density at radius 2 is 2.40 bits per heavy atom. The highest BCUT2D eigenvalue weighted by molar-refractivity contribution is 5.94. The molecule has 0 radical (unpaired) electrons. The van der Waals surface area contributed by atoms with Crippen molar-refractivity contribution in [3.05, 3.63) is 17.0 Å². The first kappa shape index (κ1) is 10.3. The lowest BCUT2D eigenvalue weighted by atomic mass is 9.93. The summed E-state index contributed by atoms with van der Waals surface area (Å²) in [6.07, 6.45) is 1.19. The van der Waals surface area contributed by atoms with Gasteiger partial charge < -0.3 is 0 Å². The number of aryl methyl sites for hydroxylation is 1. The van der Waals surface area contributed by atoms with Crippen molar-refractivity contribution in [1.82, 2.24) is 9.78 Å². The molecule has 0 amide bonds. The minimum atomic E-state index is -1.01. The number of nitrogens with zero attached hydrogens (tertiary/aromatic N) is 2. The van der Waals surface area contributed by atoms with Gasteiger partial charge in [-0.15, -0.1) is 0 Å². The van der Waals surface area contributed by atoms with Gasteiger partial charge in [0.25, 0.3) is 0 Å². The van der Waals surface area contributed by atoms with Crippen LogP contribution in [0.4, 0.5) is 4.39 Å². The lowest BCUT2D eigenvalue weighted by molar-refractivity contribution is 0.100. The molecule has 3 nitrogen and oxygen atoms in total. The molecule has 0 fully saturated rings. The Morgan fingerprint density at radius 1 is 1.67 bits per heavy atom. The van der Waals surface area contributed by atoms with E-state index in [0.29, 0.717) is 24.2 Å². The molecule has 4 heteroatoms. The number of rotatable bonds is 2. The van der Waals surface area contributed by atoms with E-state index in [9.17, 15) is 9.18 Å². The summed E-state index contributed by atoms with van der Waals surface area (Å²) < 4.78 is 15.5. The quantitative estimate of drug-likeness (QED) is 0.703. The molecule has 0 aromatic carbocycles. The van der Waals surface area contributed by atoms with Gasteiger partial charge in [0.2, 0.25) is 0 Å². The summed E-state index contributed by atoms with van der Waals surface area (Å²) in [5.74, 6) is -0.136. The van der Waals surface area contributed by atoms with E-state index >= 15 is 0 Å². The van der Waals surface area contributed by atoms with E-state index in [1.807, 2.05) is 6.92 Å². The molecule has 0 saturated carbocycles. The summed E-state index contributed by atoms with van der Waals surface area (Å²) in [6, 6.07) is 0. The molecule has 1 aliphatic carbocycles. The second-order valence-corrected chi connectivity index (χ2v) is 3.94. The van der Waals surface area contributed by atoms with Gasteiger partial charge in [0.15, 0.2) is 5.78 Å². The highest BCUT2D eigenvalue weighted by Crippen LogP contribution is 2.35. The largest absolute Gasteiger partial charge is 0.293 e. The monoisotopic (exact) mass is 210 g/mol. The van der Waals surface area contributed by atoms with Gasteiger partial charge in [0.05, 0.1) is 0 Å². The summed E-state index contributed by atoms with van der Waals surface area (Å²) in [4.78, 5) is 11.3. The number of ketones is 1. The number of Topliss-reactive ketones (excluding diaryl/α,β-unsaturated/α-hetero) is 1. The van der Waals surface area contributed by atoms with Crippen LogP contribution < -0.4 is 0 Å². The molecule has 1 atom stereocenters. The molecule has 15 heavy (non-hydrogen) atoms. The van der Waals surface area contributed by atoms with E-state index in [4.69, 9.17) is 0 Å². The lowest BCUT2D eigenvalue weighted by Crippen LogP contribution is -2.10. The number of carbonyl (C=O) groups is 1. The van der Waals surface area contributed by atoms with Crippen LogP contribution in [-0.4, -0.2) is 15.6 Å². The van der Waals surface area contributed by atoms with Gasteiger partial charge in [-0.1, -0.05) is 0 Å². The number of hydrogen-bond donors (Lipinski definition) is 0. The summed E-state index contributed by atoms with van der Waals surface area (Å²) in [5.41, 5.74) is 1.80. The van der Waals surface area contributed by atoms with Crippen LogP contribution >= 0.6 is 0 Å². The van der Waals surface area contributed by atoms with E-state index in [1.165, 1.54) is 6.92 Å². The maximum Gasteiger partial charge on any atom is 0.180 e. The zero-order valence-corrected chi connectivity index (χ0v) is 9.09. The van der Waals surface area contributed by atoms with Crippen LogP contribution in [0, 0.1) is 0 Å². The molecule has 1 aromatic heterocycles. The van der Waals surface area contributed by atoms with Gasteiger partial charge in [-0.2, -0.15) is 5.10 Å². The van der Waals surface area contributed by atoms with Gasteiger partial charge in [-0.05, 0) is 26.2 Å². The maximum absolute atomic E-state index is 13.7. The fraction of sp³-hybridized carbons (Fsp3) is 0.636. The Bertz CT molecular complexity index is 398. The molecule has 0 saturated heterocycles. The van der Waals surface area contributed by atoms with E-state index in [0.717, 1.165) is 18.5 Å². The molecule has 2 rings (SSSR count). The molecule has 1 heterocycles. The van der Waals surface area contributed by atoms with E-state index in [1.54, 1.807) is 4.68 Å². The summed E-state index contributed by atoms with van der Waals surface area (Å²) >= 11 is 0. The first-order valence-electron chi connectivity index (χ1n) is 5.39. The Balaban J connectivity index is 2.58. The minimum Gasteiger partial charge on any atom is -0.293 e. The van der Waals surface area contributed by atoms with Crippen molar-refractivity contribution in [3.63, 3.8) is 0 Å². The zero-order valence-electron chi connectivity index (χ0n) is 9.09. The first-order valence-corrected chi connectivity index (χ1v) is 5.39. The average Bonchev–Trinajstić information content (AvgIpc) is 2.58. The third-order valence-electron chi connectivity index (χ3n) is 2.92. The van der Waals surface area contributed by atoms with Gasteiger partial charge in [0, 0.05) is 24.7 Å². The van der Waals surface area contributed by atoms with E-state index in [2.05, 4.69) is 5.10 Å². The average molecular weight is 210 g/mol.